The Morgan fingerprint density at radius 3 is 2.81 bits per heavy atom. The van der Waals surface area contributed by atoms with E-state index in [1.807, 2.05) is 26.0 Å². The van der Waals surface area contributed by atoms with Crippen LogP contribution in [-0.4, -0.2) is 18.6 Å². The van der Waals surface area contributed by atoms with Gasteiger partial charge in [0.2, 0.25) is 5.91 Å². The molecule has 3 heteroatoms. The Morgan fingerprint density at radius 2 is 2.14 bits per heavy atom. The van der Waals surface area contributed by atoms with Crippen LogP contribution in [0, 0.1) is 19.3 Å². The molecule has 0 radical (unpaired) electrons. The van der Waals surface area contributed by atoms with E-state index in [1.165, 1.54) is 12.0 Å². The predicted octanol–water partition coefficient (Wildman–Crippen LogP) is 3.77. The average molecular weight is 289 g/mol. The van der Waals surface area contributed by atoms with Crippen LogP contribution >= 0.6 is 0 Å². The van der Waals surface area contributed by atoms with Crippen molar-refractivity contribution in [2.45, 2.75) is 59.4 Å². The van der Waals surface area contributed by atoms with Crippen molar-refractivity contribution in [2.24, 2.45) is 5.41 Å². The first-order chi connectivity index (χ1) is 9.85. The molecule has 21 heavy (non-hydrogen) atoms. The largest absolute Gasteiger partial charge is 0.493 e. The Morgan fingerprint density at radius 1 is 1.38 bits per heavy atom. The fourth-order valence-corrected chi connectivity index (χ4v) is 2.98. The van der Waals surface area contributed by atoms with Crippen LogP contribution in [0.25, 0.3) is 0 Å². The van der Waals surface area contributed by atoms with Crippen LogP contribution in [0.2, 0.25) is 0 Å². The van der Waals surface area contributed by atoms with Gasteiger partial charge in [-0.25, -0.2) is 0 Å². The smallest absolute Gasteiger partial charge is 0.223 e. The summed E-state index contributed by atoms with van der Waals surface area (Å²) in [6.45, 7) is 9.04. The lowest BCUT2D eigenvalue weighted by Gasteiger charge is -2.18. The molecule has 1 amide bonds. The average Bonchev–Trinajstić information content (AvgIpc) is 2.73. The van der Waals surface area contributed by atoms with Gasteiger partial charge in [-0.05, 0) is 55.7 Å². The maximum Gasteiger partial charge on any atom is 0.223 e. The van der Waals surface area contributed by atoms with Crippen molar-refractivity contribution in [3.05, 3.63) is 29.3 Å². The number of benzene rings is 1. The highest BCUT2D eigenvalue weighted by Gasteiger charge is 2.31. The van der Waals surface area contributed by atoms with Crippen molar-refractivity contribution in [1.82, 2.24) is 5.32 Å². The van der Waals surface area contributed by atoms with Crippen LogP contribution in [0.4, 0.5) is 0 Å². The molecule has 116 valence electrons. The summed E-state index contributed by atoms with van der Waals surface area (Å²) in [6, 6.07) is 6.47. The van der Waals surface area contributed by atoms with Crippen LogP contribution in [0.3, 0.4) is 0 Å². The zero-order valence-electron chi connectivity index (χ0n) is 13.7. The van der Waals surface area contributed by atoms with Crippen molar-refractivity contribution in [1.29, 1.82) is 0 Å². The number of carbonyl (C=O) groups excluding carboxylic acids is 1. The van der Waals surface area contributed by atoms with E-state index in [1.54, 1.807) is 0 Å². The molecule has 1 fully saturated rings. The lowest BCUT2D eigenvalue weighted by Crippen LogP contribution is -2.34. The van der Waals surface area contributed by atoms with Gasteiger partial charge in [-0.3, -0.25) is 4.79 Å². The SMILES string of the molecule is Cc1ccc(C)c(OCCC(=O)NC2CCC(C)(C)C2)c1. The Labute approximate surface area is 128 Å². The topological polar surface area (TPSA) is 38.3 Å². The van der Waals surface area contributed by atoms with Crippen molar-refractivity contribution in [2.75, 3.05) is 6.61 Å². The molecule has 1 unspecified atom stereocenters. The lowest BCUT2D eigenvalue weighted by molar-refractivity contribution is -0.122. The zero-order valence-corrected chi connectivity index (χ0v) is 13.7. The second kappa shape index (κ2) is 6.50. The number of rotatable bonds is 5. The van der Waals surface area contributed by atoms with Crippen molar-refractivity contribution in [3.8, 4) is 5.75 Å². The number of hydrogen-bond donors (Lipinski definition) is 1. The number of hydrogen-bond acceptors (Lipinski definition) is 2. The van der Waals surface area contributed by atoms with Crippen LogP contribution in [0.5, 0.6) is 5.75 Å². The van der Waals surface area contributed by atoms with Crippen LogP contribution in [0.15, 0.2) is 18.2 Å². The number of nitrogens with one attached hydrogen (secondary N) is 1. The van der Waals surface area contributed by atoms with E-state index >= 15 is 0 Å². The van der Waals surface area contributed by atoms with E-state index in [0.29, 0.717) is 24.5 Å². The summed E-state index contributed by atoms with van der Waals surface area (Å²) in [4.78, 5) is 12.0. The minimum absolute atomic E-state index is 0.100. The second-order valence-corrected chi connectivity index (χ2v) is 7.04. The van der Waals surface area contributed by atoms with Crippen molar-refractivity contribution in [3.63, 3.8) is 0 Å². The zero-order chi connectivity index (χ0) is 15.5. The Kier molecular flexibility index (Phi) is 4.92. The van der Waals surface area contributed by atoms with Crippen LogP contribution in [-0.2, 0) is 4.79 Å². The standard InChI is InChI=1S/C18H27NO2/c1-13-5-6-14(2)16(11-13)21-10-8-17(20)19-15-7-9-18(3,4)12-15/h5-6,11,15H,7-10,12H2,1-4H3,(H,19,20). The molecule has 0 aromatic heterocycles. The molecule has 0 bridgehead atoms. The minimum atomic E-state index is 0.100. The molecule has 1 aliphatic carbocycles. The normalized spacial score (nSPS) is 20.3. The molecule has 1 aromatic carbocycles. The lowest BCUT2D eigenvalue weighted by atomic mass is 9.92. The highest BCUT2D eigenvalue weighted by Crippen LogP contribution is 2.36. The van der Waals surface area contributed by atoms with Crippen molar-refractivity contribution < 1.29 is 9.53 Å². The third kappa shape index (κ3) is 4.76. The van der Waals surface area contributed by atoms with Gasteiger partial charge in [0.1, 0.15) is 5.75 Å². The van der Waals surface area contributed by atoms with E-state index in [4.69, 9.17) is 4.74 Å². The molecule has 1 saturated carbocycles. The first kappa shape index (κ1) is 15.9. The van der Waals surface area contributed by atoms with Crippen LogP contribution in [0.1, 0.15) is 50.7 Å². The molecule has 0 heterocycles. The Bertz CT molecular complexity index is 508. The summed E-state index contributed by atoms with van der Waals surface area (Å²) >= 11 is 0. The number of amides is 1. The molecule has 1 N–H and O–H groups in total. The summed E-state index contributed by atoms with van der Waals surface area (Å²) in [5.74, 6) is 0.979. The van der Waals surface area contributed by atoms with E-state index in [9.17, 15) is 4.79 Å². The molecule has 1 atom stereocenters. The van der Waals surface area contributed by atoms with Gasteiger partial charge in [-0.1, -0.05) is 26.0 Å². The summed E-state index contributed by atoms with van der Waals surface area (Å²) in [7, 11) is 0. The molecule has 0 saturated heterocycles. The van der Waals surface area contributed by atoms with Crippen molar-refractivity contribution >= 4 is 5.91 Å². The van der Waals surface area contributed by atoms with E-state index in [0.717, 1.165) is 24.2 Å². The van der Waals surface area contributed by atoms with Gasteiger partial charge >= 0.3 is 0 Å². The van der Waals surface area contributed by atoms with Gasteiger partial charge in [-0.2, -0.15) is 0 Å². The van der Waals surface area contributed by atoms with E-state index in [2.05, 4.69) is 25.2 Å². The summed E-state index contributed by atoms with van der Waals surface area (Å²) < 4.78 is 5.73. The van der Waals surface area contributed by atoms with Gasteiger partial charge in [-0.15, -0.1) is 0 Å². The molecule has 3 nitrogen and oxygen atoms in total. The van der Waals surface area contributed by atoms with Gasteiger partial charge in [0.05, 0.1) is 13.0 Å². The first-order valence-electron chi connectivity index (χ1n) is 7.85. The fraction of sp³-hybridized carbons (Fsp3) is 0.611. The fourth-order valence-electron chi connectivity index (χ4n) is 2.98. The molecule has 1 aliphatic rings. The predicted molar refractivity (Wildman–Crippen MR) is 85.6 cm³/mol. The van der Waals surface area contributed by atoms with Gasteiger partial charge in [0.15, 0.2) is 0 Å². The third-order valence-electron chi connectivity index (χ3n) is 4.26. The first-order valence-corrected chi connectivity index (χ1v) is 7.85. The monoisotopic (exact) mass is 289 g/mol. The van der Waals surface area contributed by atoms with Gasteiger partial charge in [0.25, 0.3) is 0 Å². The maximum absolute atomic E-state index is 12.0. The molecule has 0 aliphatic heterocycles. The minimum Gasteiger partial charge on any atom is -0.493 e. The Balaban J connectivity index is 1.73. The number of ether oxygens (including phenoxy) is 1. The molecule has 0 spiro atoms. The van der Waals surface area contributed by atoms with Crippen LogP contribution < -0.4 is 10.1 Å². The molecular weight excluding hydrogens is 262 g/mol. The van der Waals surface area contributed by atoms with E-state index < -0.39 is 0 Å². The summed E-state index contributed by atoms with van der Waals surface area (Å²) in [5, 5.41) is 3.13. The summed E-state index contributed by atoms with van der Waals surface area (Å²) in [5.41, 5.74) is 2.65. The Hall–Kier alpha value is -1.51. The highest BCUT2D eigenvalue weighted by atomic mass is 16.5. The third-order valence-corrected chi connectivity index (χ3v) is 4.26. The molecule has 2 rings (SSSR count). The molecule has 1 aromatic rings. The maximum atomic E-state index is 12.0. The second-order valence-electron chi connectivity index (χ2n) is 7.04. The number of aryl methyl sites for hydroxylation is 2. The molecular formula is C18H27NO2. The van der Waals surface area contributed by atoms with Gasteiger partial charge in [0, 0.05) is 6.04 Å². The summed E-state index contributed by atoms with van der Waals surface area (Å²) in [6.07, 6.45) is 3.79. The van der Waals surface area contributed by atoms with E-state index in [-0.39, 0.29) is 5.91 Å². The quantitative estimate of drug-likeness (QED) is 0.896. The van der Waals surface area contributed by atoms with Gasteiger partial charge < -0.3 is 10.1 Å². The highest BCUT2D eigenvalue weighted by molar-refractivity contribution is 5.76. The number of carbonyl (C=O) groups is 1.